The number of likely N-dealkylation sites (tertiary alicyclic amines) is 1. The van der Waals surface area contributed by atoms with Crippen molar-refractivity contribution in [3.8, 4) is 11.3 Å². The zero-order valence-electron chi connectivity index (χ0n) is 14.4. The van der Waals surface area contributed by atoms with Crippen molar-refractivity contribution in [3.63, 3.8) is 0 Å². The van der Waals surface area contributed by atoms with Crippen molar-refractivity contribution < 1.29 is 13.2 Å². The molecule has 0 aliphatic carbocycles. The number of alkyl halides is 3. The van der Waals surface area contributed by atoms with Crippen LogP contribution in [-0.2, 0) is 6.18 Å². The van der Waals surface area contributed by atoms with Crippen LogP contribution in [0, 0.1) is 0 Å². The van der Waals surface area contributed by atoms with E-state index in [1.54, 1.807) is 6.07 Å². The van der Waals surface area contributed by atoms with Gasteiger partial charge in [0.1, 0.15) is 5.82 Å². The molecule has 8 heteroatoms. The van der Waals surface area contributed by atoms with Gasteiger partial charge in [-0.15, -0.1) is 0 Å². The fourth-order valence-electron chi connectivity index (χ4n) is 3.17. The van der Waals surface area contributed by atoms with Gasteiger partial charge >= 0.3 is 6.18 Å². The molecule has 0 bridgehead atoms. The summed E-state index contributed by atoms with van der Waals surface area (Å²) in [6.45, 7) is 3.95. The average molecular weight is 365 g/mol. The highest BCUT2D eigenvalue weighted by atomic mass is 19.4. The number of aromatic nitrogens is 2. The van der Waals surface area contributed by atoms with Crippen LogP contribution in [0.3, 0.4) is 0 Å². The molecule has 2 heterocycles. The first-order valence-corrected chi connectivity index (χ1v) is 8.71. The Hall–Kier alpha value is -2.35. The Labute approximate surface area is 150 Å². The third-order valence-corrected chi connectivity index (χ3v) is 4.41. The average Bonchev–Trinajstić information content (AvgIpc) is 3.11. The maximum Gasteiger partial charge on any atom is 0.417 e. The summed E-state index contributed by atoms with van der Waals surface area (Å²) in [5.74, 6) is 0.382. The summed E-state index contributed by atoms with van der Waals surface area (Å²) in [6, 6.07) is 6.84. The van der Waals surface area contributed by atoms with Crippen molar-refractivity contribution in [1.82, 2.24) is 14.9 Å². The number of halogens is 3. The van der Waals surface area contributed by atoms with Gasteiger partial charge in [0.15, 0.2) is 0 Å². The summed E-state index contributed by atoms with van der Waals surface area (Å²) in [5.41, 5.74) is 5.12. The summed E-state index contributed by atoms with van der Waals surface area (Å²) < 4.78 is 39.7. The van der Waals surface area contributed by atoms with E-state index < -0.39 is 11.7 Å². The Balaban J connectivity index is 1.72. The fraction of sp³-hybridized carbons (Fsp3) is 0.444. The Morgan fingerprint density at radius 2 is 1.85 bits per heavy atom. The number of hydrogen-bond acceptors (Lipinski definition) is 5. The molecule has 3 N–H and O–H groups in total. The monoisotopic (exact) mass is 365 g/mol. The van der Waals surface area contributed by atoms with Gasteiger partial charge in [-0.1, -0.05) is 18.2 Å². The third kappa shape index (κ3) is 4.63. The minimum absolute atomic E-state index is 0.00535. The highest BCUT2D eigenvalue weighted by Gasteiger charge is 2.33. The predicted molar refractivity (Wildman–Crippen MR) is 95.7 cm³/mol. The number of benzene rings is 1. The second-order valence-electron chi connectivity index (χ2n) is 6.37. The molecule has 1 saturated heterocycles. The van der Waals surface area contributed by atoms with E-state index in [2.05, 4.69) is 20.2 Å². The number of nitrogens with zero attached hydrogens (tertiary/aromatic N) is 3. The molecule has 2 aromatic rings. The lowest BCUT2D eigenvalue weighted by molar-refractivity contribution is -0.137. The first-order chi connectivity index (χ1) is 12.4. The maximum atomic E-state index is 13.2. The molecule has 1 aliphatic heterocycles. The molecule has 0 amide bonds. The van der Waals surface area contributed by atoms with E-state index in [1.807, 2.05) is 0 Å². The first-order valence-electron chi connectivity index (χ1n) is 8.71. The topological polar surface area (TPSA) is 67.1 Å². The van der Waals surface area contributed by atoms with Gasteiger partial charge in [0.05, 0.1) is 11.3 Å². The van der Waals surface area contributed by atoms with E-state index >= 15 is 0 Å². The van der Waals surface area contributed by atoms with Gasteiger partial charge in [0.2, 0.25) is 5.95 Å². The number of rotatable bonds is 6. The molecule has 26 heavy (non-hydrogen) atoms. The predicted octanol–water partition coefficient (Wildman–Crippen LogP) is 3.64. The number of anilines is 2. The van der Waals surface area contributed by atoms with Crippen LogP contribution in [0.25, 0.3) is 11.3 Å². The van der Waals surface area contributed by atoms with E-state index in [0.717, 1.165) is 32.1 Å². The van der Waals surface area contributed by atoms with Gasteiger partial charge in [-0.2, -0.15) is 18.2 Å². The number of nitrogens with two attached hydrogens (primary N) is 1. The lowest BCUT2D eigenvalue weighted by atomic mass is 10.0. The molecule has 0 radical (unpaired) electrons. The van der Waals surface area contributed by atoms with Crippen molar-refractivity contribution in [2.75, 3.05) is 37.2 Å². The molecule has 0 unspecified atom stereocenters. The highest BCUT2D eigenvalue weighted by Crippen LogP contribution is 2.36. The van der Waals surface area contributed by atoms with Crippen LogP contribution in [0.4, 0.5) is 24.9 Å². The zero-order chi connectivity index (χ0) is 18.6. The Morgan fingerprint density at radius 3 is 2.58 bits per heavy atom. The summed E-state index contributed by atoms with van der Waals surface area (Å²) in [6.07, 6.45) is -1.03. The lowest BCUT2D eigenvalue weighted by Crippen LogP contribution is -2.22. The standard InChI is InChI=1S/C18H22F3N5/c19-18(20,21)14-7-2-1-6-13(14)15-12-16(25-17(22)24-15)23-8-5-11-26-9-3-4-10-26/h1-2,6-7,12H,3-5,8-11H2,(H3,22,23,24,25). The molecule has 0 saturated carbocycles. The summed E-state index contributed by atoms with van der Waals surface area (Å²) in [5, 5.41) is 3.14. The van der Waals surface area contributed by atoms with E-state index in [9.17, 15) is 13.2 Å². The summed E-state index contributed by atoms with van der Waals surface area (Å²) >= 11 is 0. The van der Waals surface area contributed by atoms with Crippen LogP contribution in [0.15, 0.2) is 30.3 Å². The molecule has 1 aliphatic rings. The van der Waals surface area contributed by atoms with Crippen molar-refractivity contribution in [3.05, 3.63) is 35.9 Å². The van der Waals surface area contributed by atoms with Gasteiger partial charge in [0.25, 0.3) is 0 Å². The minimum Gasteiger partial charge on any atom is -0.370 e. The Bertz CT molecular complexity index is 742. The van der Waals surface area contributed by atoms with Gasteiger partial charge in [-0.3, -0.25) is 0 Å². The second kappa shape index (κ2) is 7.90. The molecule has 0 spiro atoms. The first kappa shape index (κ1) is 18.4. The fourth-order valence-corrected chi connectivity index (χ4v) is 3.17. The van der Waals surface area contributed by atoms with E-state index in [1.165, 1.54) is 31.0 Å². The number of nitrogens with one attached hydrogen (secondary N) is 1. The number of hydrogen-bond donors (Lipinski definition) is 2. The van der Waals surface area contributed by atoms with Crippen molar-refractivity contribution in [2.45, 2.75) is 25.4 Å². The van der Waals surface area contributed by atoms with Crippen molar-refractivity contribution in [2.24, 2.45) is 0 Å². The van der Waals surface area contributed by atoms with Gasteiger partial charge in [0, 0.05) is 18.2 Å². The SMILES string of the molecule is Nc1nc(NCCCN2CCCC2)cc(-c2ccccc2C(F)(F)F)n1. The molecule has 3 rings (SSSR count). The van der Waals surface area contributed by atoms with Crippen LogP contribution in [0.5, 0.6) is 0 Å². The molecular weight excluding hydrogens is 343 g/mol. The van der Waals surface area contributed by atoms with E-state index in [0.29, 0.717) is 12.4 Å². The summed E-state index contributed by atoms with van der Waals surface area (Å²) in [7, 11) is 0. The number of nitrogen functional groups attached to an aromatic ring is 1. The van der Waals surface area contributed by atoms with Crippen LogP contribution < -0.4 is 11.1 Å². The van der Waals surface area contributed by atoms with Crippen LogP contribution >= 0.6 is 0 Å². The van der Waals surface area contributed by atoms with Crippen molar-refractivity contribution in [1.29, 1.82) is 0 Å². The van der Waals surface area contributed by atoms with Gasteiger partial charge in [-0.05, 0) is 45.0 Å². The quantitative estimate of drug-likeness (QED) is 0.765. The maximum absolute atomic E-state index is 13.2. The van der Waals surface area contributed by atoms with Crippen LogP contribution in [-0.4, -0.2) is 41.0 Å². The zero-order valence-corrected chi connectivity index (χ0v) is 14.4. The molecule has 5 nitrogen and oxygen atoms in total. The molecule has 1 aromatic heterocycles. The minimum atomic E-state index is -4.46. The molecule has 140 valence electrons. The third-order valence-electron chi connectivity index (χ3n) is 4.41. The molecular formula is C18H22F3N5. The smallest absolute Gasteiger partial charge is 0.370 e. The normalized spacial score (nSPS) is 15.3. The van der Waals surface area contributed by atoms with Gasteiger partial charge < -0.3 is 16.0 Å². The lowest BCUT2D eigenvalue weighted by Gasteiger charge is -2.15. The molecule has 1 fully saturated rings. The van der Waals surface area contributed by atoms with E-state index in [4.69, 9.17) is 5.73 Å². The second-order valence-corrected chi connectivity index (χ2v) is 6.37. The van der Waals surface area contributed by atoms with E-state index in [-0.39, 0.29) is 17.2 Å². The highest BCUT2D eigenvalue weighted by molar-refractivity contribution is 5.68. The Morgan fingerprint density at radius 1 is 1.12 bits per heavy atom. The Kier molecular flexibility index (Phi) is 5.61. The van der Waals surface area contributed by atoms with Gasteiger partial charge in [-0.25, -0.2) is 4.98 Å². The van der Waals surface area contributed by atoms with Crippen LogP contribution in [0.2, 0.25) is 0 Å². The van der Waals surface area contributed by atoms with Crippen LogP contribution in [0.1, 0.15) is 24.8 Å². The summed E-state index contributed by atoms with van der Waals surface area (Å²) in [4.78, 5) is 10.5. The van der Waals surface area contributed by atoms with Crippen molar-refractivity contribution >= 4 is 11.8 Å². The molecule has 0 atom stereocenters. The largest absolute Gasteiger partial charge is 0.417 e. The molecule has 1 aromatic carbocycles.